The zero-order chi connectivity index (χ0) is 13.8. The van der Waals surface area contributed by atoms with Crippen molar-refractivity contribution in [3.63, 3.8) is 0 Å². The van der Waals surface area contributed by atoms with E-state index in [4.69, 9.17) is 0 Å². The Morgan fingerprint density at radius 3 is 2.53 bits per heavy atom. The van der Waals surface area contributed by atoms with Crippen LogP contribution in [-0.4, -0.2) is 44.4 Å². The predicted octanol–water partition coefficient (Wildman–Crippen LogP) is 3.22. The van der Waals surface area contributed by atoms with Gasteiger partial charge in [0.2, 0.25) is 0 Å². The van der Waals surface area contributed by atoms with E-state index in [-0.39, 0.29) is 5.82 Å². The standard InChI is InChI=1S/C15H23FN2S/c1-17(2)13-6-8-18(9-7-13)15-5-4-12(11-19-3)10-14(15)16/h4-5,10,13H,6-9,11H2,1-3H3. The van der Waals surface area contributed by atoms with Crippen LogP contribution in [0.25, 0.3) is 0 Å². The van der Waals surface area contributed by atoms with Crippen LogP contribution in [-0.2, 0) is 5.75 Å². The van der Waals surface area contributed by atoms with Crippen LogP contribution in [0.3, 0.4) is 0 Å². The van der Waals surface area contributed by atoms with Crippen LogP contribution in [0.5, 0.6) is 0 Å². The predicted molar refractivity (Wildman–Crippen MR) is 82.5 cm³/mol. The van der Waals surface area contributed by atoms with Gasteiger partial charge in [-0.3, -0.25) is 0 Å². The van der Waals surface area contributed by atoms with Gasteiger partial charge in [0.1, 0.15) is 5.82 Å². The first-order valence-corrected chi connectivity index (χ1v) is 8.20. The SMILES string of the molecule is CSCc1ccc(N2CCC(N(C)C)CC2)c(F)c1. The van der Waals surface area contributed by atoms with Crippen LogP contribution in [0.15, 0.2) is 18.2 Å². The zero-order valence-electron chi connectivity index (χ0n) is 12.0. The fourth-order valence-corrected chi connectivity index (χ4v) is 3.20. The summed E-state index contributed by atoms with van der Waals surface area (Å²) in [5.41, 5.74) is 1.83. The first-order chi connectivity index (χ1) is 9.11. The molecule has 1 aromatic rings. The van der Waals surface area contributed by atoms with Crippen molar-refractivity contribution in [2.75, 3.05) is 38.3 Å². The van der Waals surface area contributed by atoms with Crippen LogP contribution >= 0.6 is 11.8 Å². The Bertz CT molecular complexity index is 415. The van der Waals surface area contributed by atoms with E-state index in [9.17, 15) is 4.39 Å². The molecule has 1 saturated heterocycles. The number of nitrogens with zero attached hydrogens (tertiary/aromatic N) is 2. The molecule has 1 aromatic carbocycles. The molecule has 0 aromatic heterocycles. The van der Waals surface area contributed by atoms with Gasteiger partial charge in [-0.15, -0.1) is 0 Å². The molecule has 2 rings (SSSR count). The number of piperidine rings is 1. The van der Waals surface area contributed by atoms with E-state index in [2.05, 4.69) is 23.9 Å². The fraction of sp³-hybridized carbons (Fsp3) is 0.600. The zero-order valence-corrected chi connectivity index (χ0v) is 12.8. The lowest BCUT2D eigenvalue weighted by Gasteiger charge is -2.36. The summed E-state index contributed by atoms with van der Waals surface area (Å²) in [6.07, 6.45) is 4.26. The molecule has 0 N–H and O–H groups in total. The average Bonchev–Trinajstić information content (AvgIpc) is 2.39. The van der Waals surface area contributed by atoms with Crippen molar-refractivity contribution in [3.05, 3.63) is 29.6 Å². The van der Waals surface area contributed by atoms with E-state index >= 15 is 0 Å². The Kier molecular flexibility index (Phi) is 5.11. The highest BCUT2D eigenvalue weighted by Crippen LogP contribution is 2.26. The molecule has 0 radical (unpaired) electrons. The maximum Gasteiger partial charge on any atom is 0.146 e. The second-order valence-electron chi connectivity index (χ2n) is 5.40. The van der Waals surface area contributed by atoms with Gasteiger partial charge in [-0.25, -0.2) is 4.39 Å². The quantitative estimate of drug-likeness (QED) is 0.837. The summed E-state index contributed by atoms with van der Waals surface area (Å²) in [5.74, 6) is 0.801. The molecule has 1 aliphatic rings. The topological polar surface area (TPSA) is 6.48 Å². The van der Waals surface area contributed by atoms with Crippen LogP contribution < -0.4 is 4.90 Å². The molecule has 0 aliphatic carbocycles. The Labute approximate surface area is 120 Å². The molecule has 1 heterocycles. The highest BCUT2D eigenvalue weighted by Gasteiger charge is 2.22. The van der Waals surface area contributed by atoms with Crippen molar-refractivity contribution in [2.24, 2.45) is 0 Å². The van der Waals surface area contributed by atoms with Gasteiger partial charge in [-0.2, -0.15) is 11.8 Å². The third-order valence-electron chi connectivity index (χ3n) is 3.86. The fourth-order valence-electron chi connectivity index (χ4n) is 2.69. The Balaban J connectivity index is 2.03. The number of hydrogen-bond donors (Lipinski definition) is 0. The maximum atomic E-state index is 14.2. The minimum Gasteiger partial charge on any atom is -0.369 e. The molecule has 2 nitrogen and oxygen atoms in total. The monoisotopic (exact) mass is 282 g/mol. The average molecular weight is 282 g/mol. The summed E-state index contributed by atoms with van der Waals surface area (Å²) in [6, 6.07) is 6.31. The minimum absolute atomic E-state index is 0.0742. The van der Waals surface area contributed by atoms with E-state index in [1.807, 2.05) is 18.4 Å². The maximum absolute atomic E-state index is 14.2. The van der Waals surface area contributed by atoms with Crippen LogP contribution in [0, 0.1) is 5.82 Å². The molecule has 1 fully saturated rings. The van der Waals surface area contributed by atoms with E-state index in [0.717, 1.165) is 42.9 Å². The summed E-state index contributed by atoms with van der Waals surface area (Å²) in [7, 11) is 4.25. The molecule has 0 amide bonds. The van der Waals surface area contributed by atoms with E-state index in [1.165, 1.54) is 0 Å². The molecule has 106 valence electrons. The number of hydrogen-bond acceptors (Lipinski definition) is 3. The Morgan fingerprint density at radius 1 is 1.32 bits per heavy atom. The lowest BCUT2D eigenvalue weighted by Crippen LogP contribution is -2.42. The molecule has 0 unspecified atom stereocenters. The van der Waals surface area contributed by atoms with Gasteiger partial charge in [0, 0.05) is 24.9 Å². The molecule has 0 atom stereocenters. The van der Waals surface area contributed by atoms with Gasteiger partial charge >= 0.3 is 0 Å². The third-order valence-corrected chi connectivity index (χ3v) is 4.48. The minimum atomic E-state index is -0.0742. The second-order valence-corrected chi connectivity index (χ2v) is 6.27. The lowest BCUT2D eigenvalue weighted by atomic mass is 10.0. The van der Waals surface area contributed by atoms with E-state index in [1.54, 1.807) is 17.8 Å². The van der Waals surface area contributed by atoms with Gasteiger partial charge < -0.3 is 9.80 Å². The van der Waals surface area contributed by atoms with Gasteiger partial charge in [-0.05, 0) is 50.9 Å². The summed E-state index contributed by atoms with van der Waals surface area (Å²) in [4.78, 5) is 4.45. The van der Waals surface area contributed by atoms with Gasteiger partial charge in [-0.1, -0.05) is 6.07 Å². The van der Waals surface area contributed by atoms with Crippen molar-refractivity contribution in [2.45, 2.75) is 24.6 Å². The summed E-state index contributed by atoms with van der Waals surface area (Å²) in [6.45, 7) is 1.89. The number of thioether (sulfide) groups is 1. The Hall–Kier alpha value is -0.740. The first-order valence-electron chi connectivity index (χ1n) is 6.80. The largest absolute Gasteiger partial charge is 0.369 e. The van der Waals surface area contributed by atoms with Gasteiger partial charge in [0.05, 0.1) is 5.69 Å². The van der Waals surface area contributed by atoms with Crippen LogP contribution in [0.2, 0.25) is 0 Å². The van der Waals surface area contributed by atoms with Crippen molar-refractivity contribution in [1.82, 2.24) is 4.90 Å². The Morgan fingerprint density at radius 2 is 2.00 bits per heavy atom. The highest BCUT2D eigenvalue weighted by molar-refractivity contribution is 7.97. The molecule has 1 aliphatic heterocycles. The normalized spacial score (nSPS) is 17.2. The van der Waals surface area contributed by atoms with Crippen LogP contribution in [0.4, 0.5) is 10.1 Å². The second kappa shape index (κ2) is 6.62. The lowest BCUT2D eigenvalue weighted by molar-refractivity contribution is 0.249. The van der Waals surface area contributed by atoms with Gasteiger partial charge in [0.15, 0.2) is 0 Å². The van der Waals surface area contributed by atoms with E-state index in [0.29, 0.717) is 6.04 Å². The molecule has 0 spiro atoms. The van der Waals surface area contributed by atoms with Crippen molar-refractivity contribution >= 4 is 17.4 Å². The third kappa shape index (κ3) is 3.63. The van der Waals surface area contributed by atoms with Gasteiger partial charge in [0.25, 0.3) is 0 Å². The highest BCUT2D eigenvalue weighted by atomic mass is 32.2. The summed E-state index contributed by atoms with van der Waals surface area (Å²) in [5, 5.41) is 0. The molecular weight excluding hydrogens is 259 g/mol. The number of rotatable bonds is 4. The smallest absolute Gasteiger partial charge is 0.146 e. The van der Waals surface area contributed by atoms with Crippen LogP contribution in [0.1, 0.15) is 18.4 Å². The van der Waals surface area contributed by atoms with E-state index < -0.39 is 0 Å². The van der Waals surface area contributed by atoms with Crippen molar-refractivity contribution in [1.29, 1.82) is 0 Å². The first kappa shape index (κ1) is 14.7. The molecule has 19 heavy (non-hydrogen) atoms. The number of halogens is 1. The molecular formula is C15H23FN2S. The molecule has 4 heteroatoms. The summed E-state index contributed by atoms with van der Waals surface area (Å²) >= 11 is 1.72. The summed E-state index contributed by atoms with van der Waals surface area (Å²) < 4.78 is 14.2. The number of anilines is 1. The number of benzene rings is 1. The van der Waals surface area contributed by atoms with Crippen molar-refractivity contribution < 1.29 is 4.39 Å². The molecule has 0 saturated carbocycles. The van der Waals surface area contributed by atoms with Crippen molar-refractivity contribution in [3.8, 4) is 0 Å². The molecule has 0 bridgehead atoms.